The van der Waals surface area contributed by atoms with Gasteiger partial charge in [-0.05, 0) is 28.4 Å². The van der Waals surface area contributed by atoms with Crippen LogP contribution in [0.15, 0.2) is 22.7 Å². The Morgan fingerprint density at radius 2 is 2.26 bits per heavy atom. The van der Waals surface area contributed by atoms with Gasteiger partial charge in [-0.3, -0.25) is 4.79 Å². The average Bonchev–Trinajstić information content (AvgIpc) is 2.44. The van der Waals surface area contributed by atoms with Gasteiger partial charge in [-0.15, -0.1) is 0 Å². The number of aldehydes is 1. The van der Waals surface area contributed by atoms with E-state index in [4.69, 9.17) is 9.47 Å². The smallest absolute Gasteiger partial charge is 0.151 e. The summed E-state index contributed by atoms with van der Waals surface area (Å²) in [5.74, 6) is 0.516. The quantitative estimate of drug-likeness (QED) is 0.509. The van der Waals surface area contributed by atoms with E-state index in [1.165, 1.54) is 0 Å². The zero-order chi connectivity index (χ0) is 14.1. The van der Waals surface area contributed by atoms with E-state index in [9.17, 15) is 9.18 Å². The number of unbranched alkanes of at least 4 members (excludes halogenated alkanes) is 1. The Morgan fingerprint density at radius 3 is 2.89 bits per heavy atom. The van der Waals surface area contributed by atoms with Gasteiger partial charge in [0.15, 0.2) is 6.29 Å². The third kappa shape index (κ3) is 5.28. The molecule has 0 aliphatic carbocycles. The maximum absolute atomic E-state index is 12.8. The van der Waals surface area contributed by atoms with Crippen LogP contribution in [0.1, 0.15) is 30.1 Å². The van der Waals surface area contributed by atoms with Gasteiger partial charge in [0.25, 0.3) is 0 Å². The molecular weight excluding hydrogens is 315 g/mol. The van der Waals surface area contributed by atoms with Crippen LogP contribution in [0.3, 0.4) is 0 Å². The SMILES string of the molecule is CCCCO[C@H](CF)COc1cccc(C=O)c1Br. The highest BCUT2D eigenvalue weighted by molar-refractivity contribution is 9.10. The first-order valence-corrected chi connectivity index (χ1v) is 7.06. The highest BCUT2D eigenvalue weighted by Crippen LogP contribution is 2.27. The molecule has 19 heavy (non-hydrogen) atoms. The van der Waals surface area contributed by atoms with Crippen LogP contribution in [-0.2, 0) is 4.74 Å². The predicted molar refractivity (Wildman–Crippen MR) is 75.6 cm³/mol. The molecule has 0 saturated heterocycles. The second kappa shape index (κ2) is 9.04. The van der Waals surface area contributed by atoms with Crippen molar-refractivity contribution in [3.05, 3.63) is 28.2 Å². The summed E-state index contributed by atoms with van der Waals surface area (Å²) < 4.78 is 24.2. The van der Waals surface area contributed by atoms with Crippen molar-refractivity contribution in [2.75, 3.05) is 19.9 Å². The van der Waals surface area contributed by atoms with Crippen LogP contribution in [0.2, 0.25) is 0 Å². The standard InChI is InChI=1S/C14H18BrFO3/c1-2-3-7-18-12(8-16)10-19-13-6-4-5-11(9-17)14(13)15/h4-6,9,12H,2-3,7-8,10H2,1H3/t12-/m1/s1. The molecule has 1 atom stereocenters. The molecule has 0 heterocycles. The first kappa shape index (κ1) is 16.1. The van der Waals surface area contributed by atoms with Crippen LogP contribution >= 0.6 is 15.9 Å². The van der Waals surface area contributed by atoms with Crippen LogP contribution in [-0.4, -0.2) is 32.3 Å². The van der Waals surface area contributed by atoms with Crippen molar-refractivity contribution in [1.29, 1.82) is 0 Å². The lowest BCUT2D eigenvalue weighted by Gasteiger charge is -2.16. The number of rotatable bonds is 9. The lowest BCUT2D eigenvalue weighted by molar-refractivity contribution is 0.00436. The van der Waals surface area contributed by atoms with Crippen LogP contribution < -0.4 is 4.74 Å². The first-order valence-electron chi connectivity index (χ1n) is 6.27. The Kier molecular flexibility index (Phi) is 7.67. The summed E-state index contributed by atoms with van der Waals surface area (Å²) in [7, 11) is 0. The molecule has 0 aromatic heterocycles. The summed E-state index contributed by atoms with van der Waals surface area (Å²) in [5, 5.41) is 0. The summed E-state index contributed by atoms with van der Waals surface area (Å²) in [5.41, 5.74) is 0.501. The third-order valence-electron chi connectivity index (χ3n) is 2.57. The Bertz CT molecular complexity index is 398. The van der Waals surface area contributed by atoms with E-state index in [1.54, 1.807) is 18.2 Å². The van der Waals surface area contributed by atoms with Gasteiger partial charge in [-0.25, -0.2) is 4.39 Å². The highest BCUT2D eigenvalue weighted by Gasteiger charge is 2.12. The molecule has 0 radical (unpaired) electrons. The van der Waals surface area contributed by atoms with Crippen LogP contribution in [0.25, 0.3) is 0 Å². The summed E-state index contributed by atoms with van der Waals surface area (Å²) in [6.07, 6.45) is 2.08. The molecule has 0 N–H and O–H groups in total. The fourth-order valence-corrected chi connectivity index (χ4v) is 1.92. The van der Waals surface area contributed by atoms with Gasteiger partial charge in [0, 0.05) is 12.2 Å². The molecule has 0 saturated carbocycles. The van der Waals surface area contributed by atoms with Crippen molar-refractivity contribution in [2.24, 2.45) is 0 Å². The number of carbonyl (C=O) groups is 1. The third-order valence-corrected chi connectivity index (χ3v) is 3.42. The fraction of sp³-hybridized carbons (Fsp3) is 0.500. The first-order chi connectivity index (χ1) is 9.22. The van der Waals surface area contributed by atoms with E-state index in [0.29, 0.717) is 22.4 Å². The Morgan fingerprint density at radius 1 is 1.47 bits per heavy atom. The average molecular weight is 333 g/mol. The number of hydrogen-bond donors (Lipinski definition) is 0. The molecule has 0 aliphatic heterocycles. The van der Waals surface area contributed by atoms with E-state index in [-0.39, 0.29) is 6.61 Å². The number of ether oxygens (including phenoxy) is 2. The van der Waals surface area contributed by atoms with Crippen LogP contribution in [0, 0.1) is 0 Å². The van der Waals surface area contributed by atoms with E-state index >= 15 is 0 Å². The highest BCUT2D eigenvalue weighted by atomic mass is 79.9. The zero-order valence-electron chi connectivity index (χ0n) is 10.9. The van der Waals surface area contributed by atoms with Crippen molar-refractivity contribution in [3.8, 4) is 5.75 Å². The van der Waals surface area contributed by atoms with E-state index in [1.807, 2.05) is 6.92 Å². The molecule has 1 aromatic carbocycles. The molecule has 0 spiro atoms. The number of carbonyl (C=O) groups excluding carboxylic acids is 1. The minimum absolute atomic E-state index is 0.126. The number of halogens is 2. The van der Waals surface area contributed by atoms with Gasteiger partial charge in [-0.1, -0.05) is 25.5 Å². The maximum atomic E-state index is 12.8. The topological polar surface area (TPSA) is 35.5 Å². The van der Waals surface area contributed by atoms with Crippen molar-refractivity contribution in [3.63, 3.8) is 0 Å². The second-order valence-corrected chi connectivity index (χ2v) is 4.88. The molecule has 0 amide bonds. The number of alkyl halides is 1. The monoisotopic (exact) mass is 332 g/mol. The molecule has 5 heteroatoms. The van der Waals surface area contributed by atoms with Gasteiger partial charge in [-0.2, -0.15) is 0 Å². The summed E-state index contributed by atoms with van der Waals surface area (Å²) in [6, 6.07) is 5.11. The van der Waals surface area contributed by atoms with Gasteiger partial charge < -0.3 is 9.47 Å². The molecule has 0 fully saturated rings. The molecule has 106 valence electrons. The van der Waals surface area contributed by atoms with Gasteiger partial charge in [0.1, 0.15) is 25.1 Å². The van der Waals surface area contributed by atoms with Gasteiger partial charge >= 0.3 is 0 Å². The van der Waals surface area contributed by atoms with Crippen molar-refractivity contribution in [1.82, 2.24) is 0 Å². The lowest BCUT2D eigenvalue weighted by Crippen LogP contribution is -2.24. The van der Waals surface area contributed by atoms with Gasteiger partial charge in [0.2, 0.25) is 0 Å². The molecular formula is C14H18BrFO3. The Hall–Kier alpha value is -0.940. The van der Waals surface area contributed by atoms with Gasteiger partial charge in [0.05, 0.1) is 4.47 Å². The van der Waals surface area contributed by atoms with E-state index < -0.39 is 12.8 Å². The molecule has 1 aromatic rings. The van der Waals surface area contributed by atoms with Crippen LogP contribution in [0.5, 0.6) is 5.75 Å². The summed E-state index contributed by atoms with van der Waals surface area (Å²) >= 11 is 3.29. The summed E-state index contributed by atoms with van der Waals surface area (Å²) in [4.78, 5) is 10.8. The Labute approximate surface area is 121 Å². The largest absolute Gasteiger partial charge is 0.490 e. The molecule has 0 bridgehead atoms. The van der Waals surface area contributed by atoms with Crippen molar-refractivity contribution >= 4 is 22.2 Å². The normalized spacial score (nSPS) is 12.2. The fourth-order valence-electron chi connectivity index (χ4n) is 1.44. The molecule has 0 unspecified atom stereocenters. The lowest BCUT2D eigenvalue weighted by atomic mass is 10.2. The minimum Gasteiger partial charge on any atom is -0.490 e. The summed E-state index contributed by atoms with van der Waals surface area (Å²) in [6.45, 7) is 2.12. The molecule has 1 rings (SSSR count). The van der Waals surface area contributed by atoms with Crippen molar-refractivity contribution < 1.29 is 18.7 Å². The second-order valence-electron chi connectivity index (χ2n) is 4.09. The van der Waals surface area contributed by atoms with Crippen LogP contribution in [0.4, 0.5) is 4.39 Å². The molecule has 3 nitrogen and oxygen atoms in total. The van der Waals surface area contributed by atoms with Crippen molar-refractivity contribution in [2.45, 2.75) is 25.9 Å². The van der Waals surface area contributed by atoms with E-state index in [2.05, 4.69) is 15.9 Å². The Balaban J connectivity index is 2.52. The predicted octanol–water partition coefficient (Wildman–Crippen LogP) is 3.80. The number of hydrogen-bond acceptors (Lipinski definition) is 3. The maximum Gasteiger partial charge on any atom is 0.151 e. The molecule has 0 aliphatic rings. The zero-order valence-corrected chi connectivity index (χ0v) is 12.5. The van der Waals surface area contributed by atoms with E-state index in [0.717, 1.165) is 19.1 Å². The minimum atomic E-state index is -0.589. The number of benzene rings is 1.